The topological polar surface area (TPSA) is 65.5 Å². The number of sulfonamides is 1. The standard InChI is InChI=1S/C15H24N4O2S/c1-18-8-10-19(11-9-18)22(20,21)14-4-5-15(17-12-14)16-7-6-13-2-3-13/h4-5,12-13H,2-3,6-11H2,1H3,(H,16,17). The summed E-state index contributed by atoms with van der Waals surface area (Å²) in [5.41, 5.74) is 0. The molecule has 6 nitrogen and oxygen atoms in total. The van der Waals surface area contributed by atoms with Gasteiger partial charge >= 0.3 is 0 Å². The van der Waals surface area contributed by atoms with E-state index in [1.807, 2.05) is 7.05 Å². The minimum absolute atomic E-state index is 0.282. The number of hydrogen-bond acceptors (Lipinski definition) is 5. The number of pyridine rings is 1. The number of nitrogens with one attached hydrogen (secondary N) is 1. The average Bonchev–Trinajstić information content (AvgIpc) is 3.32. The lowest BCUT2D eigenvalue weighted by Gasteiger charge is -2.31. The fraction of sp³-hybridized carbons (Fsp3) is 0.667. The van der Waals surface area contributed by atoms with Crippen molar-refractivity contribution in [3.63, 3.8) is 0 Å². The molecule has 2 heterocycles. The third-order valence-electron chi connectivity index (χ3n) is 4.39. The second-order valence-corrected chi connectivity index (χ2v) is 8.18. The zero-order valence-electron chi connectivity index (χ0n) is 13.0. The summed E-state index contributed by atoms with van der Waals surface area (Å²) in [6, 6.07) is 3.41. The van der Waals surface area contributed by atoms with Crippen molar-refractivity contribution in [2.45, 2.75) is 24.2 Å². The van der Waals surface area contributed by atoms with E-state index in [1.54, 1.807) is 16.4 Å². The molecule has 1 saturated carbocycles. The molecule has 0 unspecified atom stereocenters. The van der Waals surface area contributed by atoms with Gasteiger partial charge in [-0.25, -0.2) is 13.4 Å². The summed E-state index contributed by atoms with van der Waals surface area (Å²) in [5.74, 6) is 1.63. The SMILES string of the molecule is CN1CCN(S(=O)(=O)c2ccc(NCCC3CC3)nc2)CC1. The van der Waals surface area contributed by atoms with Crippen LogP contribution in [-0.4, -0.2) is 62.4 Å². The normalized spacial score (nSPS) is 21.0. The summed E-state index contributed by atoms with van der Waals surface area (Å²) < 4.78 is 26.7. The van der Waals surface area contributed by atoms with Crippen LogP contribution < -0.4 is 5.32 Å². The van der Waals surface area contributed by atoms with Gasteiger partial charge in [-0.05, 0) is 31.5 Å². The Morgan fingerprint density at radius 2 is 1.95 bits per heavy atom. The molecule has 0 spiro atoms. The van der Waals surface area contributed by atoms with Gasteiger partial charge in [-0.2, -0.15) is 4.31 Å². The molecule has 0 bridgehead atoms. The Kier molecular flexibility index (Phi) is 4.65. The van der Waals surface area contributed by atoms with Gasteiger partial charge in [0.05, 0.1) is 0 Å². The third kappa shape index (κ3) is 3.77. The molecule has 1 aliphatic carbocycles. The smallest absolute Gasteiger partial charge is 0.244 e. The van der Waals surface area contributed by atoms with E-state index in [1.165, 1.54) is 25.5 Å². The second-order valence-electron chi connectivity index (χ2n) is 6.25. The second kappa shape index (κ2) is 6.52. The van der Waals surface area contributed by atoms with Crippen LogP contribution in [0.4, 0.5) is 5.82 Å². The minimum atomic E-state index is -3.41. The van der Waals surface area contributed by atoms with Crippen LogP contribution in [0.15, 0.2) is 23.2 Å². The van der Waals surface area contributed by atoms with Crippen LogP contribution in [-0.2, 0) is 10.0 Å². The van der Waals surface area contributed by atoms with Crippen molar-refractivity contribution in [2.24, 2.45) is 5.92 Å². The molecule has 0 radical (unpaired) electrons. The monoisotopic (exact) mass is 324 g/mol. The number of aromatic nitrogens is 1. The predicted octanol–water partition coefficient (Wildman–Crippen LogP) is 1.23. The van der Waals surface area contributed by atoms with Crippen LogP contribution in [0, 0.1) is 5.92 Å². The molecule has 2 aliphatic rings. The van der Waals surface area contributed by atoms with E-state index < -0.39 is 10.0 Å². The summed E-state index contributed by atoms with van der Waals surface area (Å²) in [5, 5.41) is 3.25. The van der Waals surface area contributed by atoms with Gasteiger partial charge in [0, 0.05) is 38.9 Å². The molecule has 1 N–H and O–H groups in total. The van der Waals surface area contributed by atoms with Crippen molar-refractivity contribution in [2.75, 3.05) is 45.1 Å². The molecule has 3 rings (SSSR count). The maximum Gasteiger partial charge on any atom is 0.244 e. The van der Waals surface area contributed by atoms with Gasteiger partial charge in [-0.3, -0.25) is 0 Å². The van der Waals surface area contributed by atoms with Crippen LogP contribution in [0.25, 0.3) is 0 Å². The fourth-order valence-corrected chi connectivity index (χ4v) is 3.99. The number of likely N-dealkylation sites (N-methyl/N-ethyl adjacent to an activating group) is 1. The van der Waals surface area contributed by atoms with Crippen LogP contribution in [0.3, 0.4) is 0 Å². The van der Waals surface area contributed by atoms with Crippen molar-refractivity contribution in [1.82, 2.24) is 14.2 Å². The van der Waals surface area contributed by atoms with E-state index in [0.717, 1.165) is 31.4 Å². The van der Waals surface area contributed by atoms with Crippen LogP contribution in [0.5, 0.6) is 0 Å². The Hall–Kier alpha value is -1.18. The summed E-state index contributed by atoms with van der Waals surface area (Å²) in [7, 11) is -1.40. The number of nitrogens with zero attached hydrogens (tertiary/aromatic N) is 3. The molecule has 0 amide bonds. The largest absolute Gasteiger partial charge is 0.370 e. The molecule has 7 heteroatoms. The predicted molar refractivity (Wildman–Crippen MR) is 86.3 cm³/mol. The highest BCUT2D eigenvalue weighted by atomic mass is 32.2. The third-order valence-corrected chi connectivity index (χ3v) is 6.27. The quantitative estimate of drug-likeness (QED) is 0.852. The summed E-state index contributed by atoms with van der Waals surface area (Å²) >= 11 is 0. The number of anilines is 1. The molecule has 0 atom stereocenters. The molecular weight excluding hydrogens is 300 g/mol. The van der Waals surface area contributed by atoms with Crippen LogP contribution >= 0.6 is 0 Å². The Balaban J connectivity index is 1.60. The fourth-order valence-electron chi connectivity index (χ4n) is 2.63. The Morgan fingerprint density at radius 3 is 2.55 bits per heavy atom. The maximum atomic E-state index is 12.6. The van der Waals surface area contributed by atoms with E-state index in [2.05, 4.69) is 15.2 Å². The molecule has 1 aromatic heterocycles. The molecule has 1 saturated heterocycles. The van der Waals surface area contributed by atoms with Gasteiger partial charge in [-0.1, -0.05) is 12.8 Å². The lowest BCUT2D eigenvalue weighted by molar-refractivity contribution is 0.222. The van der Waals surface area contributed by atoms with E-state index in [4.69, 9.17) is 0 Å². The maximum absolute atomic E-state index is 12.6. The minimum Gasteiger partial charge on any atom is -0.370 e. The van der Waals surface area contributed by atoms with Gasteiger partial charge in [0.1, 0.15) is 10.7 Å². The Labute approximate surface area is 132 Å². The highest BCUT2D eigenvalue weighted by molar-refractivity contribution is 7.89. The number of hydrogen-bond donors (Lipinski definition) is 1. The molecule has 122 valence electrons. The van der Waals surface area contributed by atoms with Crippen molar-refractivity contribution < 1.29 is 8.42 Å². The number of rotatable bonds is 6. The first-order valence-corrected chi connectivity index (χ1v) is 9.38. The molecule has 0 aromatic carbocycles. The molecule has 2 fully saturated rings. The first-order valence-electron chi connectivity index (χ1n) is 7.94. The van der Waals surface area contributed by atoms with Gasteiger partial charge in [0.25, 0.3) is 0 Å². The van der Waals surface area contributed by atoms with Gasteiger partial charge in [-0.15, -0.1) is 0 Å². The Morgan fingerprint density at radius 1 is 1.23 bits per heavy atom. The van der Waals surface area contributed by atoms with Gasteiger partial charge in [0.15, 0.2) is 0 Å². The first-order chi connectivity index (χ1) is 10.6. The highest BCUT2D eigenvalue weighted by Crippen LogP contribution is 2.32. The van der Waals surface area contributed by atoms with Crippen LogP contribution in [0.2, 0.25) is 0 Å². The van der Waals surface area contributed by atoms with E-state index >= 15 is 0 Å². The molecule has 1 aromatic rings. The Bertz CT molecular complexity index is 590. The highest BCUT2D eigenvalue weighted by Gasteiger charge is 2.27. The first kappa shape index (κ1) is 15.7. The van der Waals surface area contributed by atoms with E-state index in [0.29, 0.717) is 13.1 Å². The summed E-state index contributed by atoms with van der Waals surface area (Å²) in [6.45, 7) is 3.53. The van der Waals surface area contributed by atoms with E-state index in [9.17, 15) is 8.42 Å². The van der Waals surface area contributed by atoms with Gasteiger partial charge < -0.3 is 10.2 Å². The van der Waals surface area contributed by atoms with Crippen molar-refractivity contribution in [3.8, 4) is 0 Å². The lowest BCUT2D eigenvalue weighted by Crippen LogP contribution is -2.47. The average molecular weight is 324 g/mol. The zero-order chi connectivity index (χ0) is 15.6. The summed E-state index contributed by atoms with van der Waals surface area (Å²) in [4.78, 5) is 6.66. The van der Waals surface area contributed by atoms with Crippen LogP contribution in [0.1, 0.15) is 19.3 Å². The molecular formula is C15H24N4O2S. The summed E-state index contributed by atoms with van der Waals surface area (Å²) in [6.07, 6.45) is 5.32. The molecule has 1 aliphatic heterocycles. The van der Waals surface area contributed by atoms with E-state index in [-0.39, 0.29) is 4.90 Å². The van der Waals surface area contributed by atoms with Crippen molar-refractivity contribution >= 4 is 15.8 Å². The van der Waals surface area contributed by atoms with Gasteiger partial charge in [0.2, 0.25) is 10.0 Å². The molecule has 22 heavy (non-hydrogen) atoms. The zero-order valence-corrected chi connectivity index (χ0v) is 13.8. The lowest BCUT2D eigenvalue weighted by atomic mass is 10.3. The number of piperazine rings is 1. The van der Waals surface area contributed by atoms with Crippen molar-refractivity contribution in [3.05, 3.63) is 18.3 Å². The van der Waals surface area contributed by atoms with Crippen molar-refractivity contribution in [1.29, 1.82) is 0 Å².